The molecule has 138 valence electrons. The smallest absolute Gasteiger partial charge is 0.235 e. The molecule has 0 radical (unpaired) electrons. The molecule has 1 spiro atoms. The van der Waals surface area contributed by atoms with Crippen molar-refractivity contribution in [2.45, 2.75) is 43.9 Å². The number of hydrogen-bond acceptors (Lipinski definition) is 4. The van der Waals surface area contributed by atoms with Gasteiger partial charge in [0.05, 0.1) is 17.9 Å². The van der Waals surface area contributed by atoms with Crippen molar-refractivity contribution < 1.29 is 19.1 Å². The highest BCUT2D eigenvalue weighted by atomic mass is 16.5. The molecule has 1 aliphatic carbocycles. The minimum atomic E-state index is -0.716. The number of carbonyl (C=O) groups is 3. The Morgan fingerprint density at radius 1 is 1.12 bits per heavy atom. The van der Waals surface area contributed by atoms with Gasteiger partial charge in [-0.1, -0.05) is 25.0 Å². The van der Waals surface area contributed by atoms with Crippen LogP contribution in [0, 0.1) is 5.41 Å². The minimum Gasteiger partial charge on any atom is -0.497 e. The van der Waals surface area contributed by atoms with E-state index in [9.17, 15) is 14.4 Å². The SMILES string of the molecule is COc1ccc(C2(C(=O)N3CCC4(CC(=O)NC4=O)C3)CCCC2)cc1. The molecule has 1 aromatic carbocycles. The fourth-order valence-electron chi connectivity index (χ4n) is 4.88. The maximum absolute atomic E-state index is 13.5. The lowest BCUT2D eigenvalue weighted by Gasteiger charge is -2.33. The van der Waals surface area contributed by atoms with Gasteiger partial charge in [0.2, 0.25) is 17.7 Å². The highest BCUT2D eigenvalue weighted by molar-refractivity contribution is 6.06. The summed E-state index contributed by atoms with van der Waals surface area (Å²) in [7, 11) is 1.63. The van der Waals surface area contributed by atoms with Crippen LogP contribution in [0.1, 0.15) is 44.1 Å². The number of likely N-dealkylation sites (tertiary alicyclic amines) is 1. The maximum atomic E-state index is 13.5. The van der Waals surface area contributed by atoms with Gasteiger partial charge in [-0.15, -0.1) is 0 Å². The Bertz CT molecular complexity index is 752. The molecule has 2 heterocycles. The Kier molecular flexibility index (Phi) is 4.01. The summed E-state index contributed by atoms with van der Waals surface area (Å²) in [5.41, 5.74) is -0.211. The van der Waals surface area contributed by atoms with Gasteiger partial charge in [-0.05, 0) is 37.0 Å². The van der Waals surface area contributed by atoms with E-state index in [1.165, 1.54) is 0 Å². The van der Waals surface area contributed by atoms with E-state index in [1.54, 1.807) is 7.11 Å². The monoisotopic (exact) mass is 356 g/mol. The molecule has 1 atom stereocenters. The Morgan fingerprint density at radius 3 is 2.38 bits per heavy atom. The molecule has 3 amide bonds. The molecule has 1 N–H and O–H groups in total. The van der Waals surface area contributed by atoms with Crippen molar-refractivity contribution >= 4 is 17.7 Å². The fourth-order valence-corrected chi connectivity index (χ4v) is 4.88. The first-order valence-corrected chi connectivity index (χ1v) is 9.27. The molecule has 3 fully saturated rings. The van der Waals surface area contributed by atoms with E-state index in [0.717, 1.165) is 37.0 Å². The first-order chi connectivity index (χ1) is 12.5. The van der Waals surface area contributed by atoms with Crippen LogP contribution in [0.2, 0.25) is 0 Å². The van der Waals surface area contributed by atoms with E-state index in [4.69, 9.17) is 4.74 Å². The highest BCUT2D eigenvalue weighted by Crippen LogP contribution is 2.46. The Balaban J connectivity index is 1.60. The van der Waals surface area contributed by atoms with E-state index in [1.807, 2.05) is 29.2 Å². The summed E-state index contributed by atoms with van der Waals surface area (Å²) in [6.45, 7) is 0.888. The zero-order valence-electron chi connectivity index (χ0n) is 15.0. The first-order valence-electron chi connectivity index (χ1n) is 9.27. The average Bonchev–Trinajstić information content (AvgIpc) is 3.35. The zero-order chi connectivity index (χ0) is 18.4. The van der Waals surface area contributed by atoms with Gasteiger partial charge in [0.1, 0.15) is 5.75 Å². The normalized spacial score (nSPS) is 27.2. The average molecular weight is 356 g/mol. The number of methoxy groups -OCH3 is 1. The summed E-state index contributed by atoms with van der Waals surface area (Å²) >= 11 is 0. The van der Waals surface area contributed by atoms with Crippen LogP contribution in [-0.4, -0.2) is 42.8 Å². The standard InChI is InChI=1S/C20H24N2O4/c1-26-15-6-4-14(5-7-15)20(8-2-3-9-20)18(25)22-11-10-19(13-22)12-16(23)21-17(19)24/h4-7H,2-3,8-13H2,1H3,(H,21,23,24). The van der Waals surface area contributed by atoms with Gasteiger partial charge in [0.25, 0.3) is 0 Å². The second-order valence-electron chi connectivity index (χ2n) is 7.83. The molecule has 1 unspecified atom stereocenters. The van der Waals surface area contributed by atoms with Crippen LogP contribution in [0.25, 0.3) is 0 Å². The van der Waals surface area contributed by atoms with E-state index in [2.05, 4.69) is 5.32 Å². The molecule has 6 heteroatoms. The third-order valence-electron chi connectivity index (χ3n) is 6.38. The molecule has 4 rings (SSSR count). The molecular formula is C20H24N2O4. The lowest BCUT2D eigenvalue weighted by molar-refractivity contribution is -0.137. The molecule has 6 nitrogen and oxygen atoms in total. The van der Waals surface area contributed by atoms with Crippen LogP contribution < -0.4 is 10.1 Å². The van der Waals surface area contributed by atoms with Crippen molar-refractivity contribution in [2.24, 2.45) is 5.41 Å². The molecule has 1 saturated carbocycles. The second kappa shape index (κ2) is 6.11. The topological polar surface area (TPSA) is 75.7 Å². The lowest BCUT2D eigenvalue weighted by atomic mass is 9.77. The van der Waals surface area contributed by atoms with E-state index >= 15 is 0 Å². The number of carbonyl (C=O) groups excluding carboxylic acids is 3. The number of benzene rings is 1. The number of amides is 3. The molecular weight excluding hydrogens is 332 g/mol. The van der Waals surface area contributed by atoms with Gasteiger partial charge < -0.3 is 9.64 Å². The molecule has 0 aromatic heterocycles. The van der Waals surface area contributed by atoms with Crippen LogP contribution >= 0.6 is 0 Å². The predicted molar refractivity (Wildman–Crippen MR) is 94.5 cm³/mol. The first kappa shape index (κ1) is 17.1. The van der Waals surface area contributed by atoms with Gasteiger partial charge in [-0.2, -0.15) is 0 Å². The van der Waals surface area contributed by atoms with Crippen LogP contribution in [0.3, 0.4) is 0 Å². The van der Waals surface area contributed by atoms with Crippen molar-refractivity contribution in [3.8, 4) is 5.75 Å². The summed E-state index contributed by atoms with van der Waals surface area (Å²) < 4.78 is 5.24. The third kappa shape index (κ3) is 2.50. The Morgan fingerprint density at radius 2 is 1.81 bits per heavy atom. The zero-order valence-corrected chi connectivity index (χ0v) is 15.0. The number of rotatable bonds is 3. The summed E-state index contributed by atoms with van der Waals surface area (Å²) in [6, 6.07) is 7.77. The predicted octanol–water partition coefficient (Wildman–Crippen LogP) is 1.77. The summed E-state index contributed by atoms with van der Waals surface area (Å²) in [4.78, 5) is 39.2. The van der Waals surface area contributed by atoms with Crippen LogP contribution in [0.15, 0.2) is 24.3 Å². The Hall–Kier alpha value is -2.37. The van der Waals surface area contributed by atoms with Gasteiger partial charge in [-0.25, -0.2) is 0 Å². The molecule has 1 aromatic rings. The summed E-state index contributed by atoms with van der Waals surface area (Å²) in [6.07, 6.45) is 4.46. The second-order valence-corrected chi connectivity index (χ2v) is 7.83. The van der Waals surface area contributed by atoms with Gasteiger partial charge in [0.15, 0.2) is 0 Å². The van der Waals surface area contributed by atoms with Crippen molar-refractivity contribution in [1.82, 2.24) is 10.2 Å². The van der Waals surface area contributed by atoms with Crippen LogP contribution in [0.5, 0.6) is 5.75 Å². The molecule has 26 heavy (non-hydrogen) atoms. The third-order valence-corrected chi connectivity index (χ3v) is 6.38. The summed E-state index contributed by atoms with van der Waals surface area (Å²) in [5.74, 6) is 0.428. The molecule has 2 saturated heterocycles. The van der Waals surface area contributed by atoms with Crippen molar-refractivity contribution in [1.29, 1.82) is 0 Å². The number of nitrogens with zero attached hydrogens (tertiary/aromatic N) is 1. The van der Waals surface area contributed by atoms with E-state index in [0.29, 0.717) is 19.5 Å². The molecule has 2 aliphatic heterocycles. The number of hydrogen-bond donors (Lipinski definition) is 1. The van der Waals surface area contributed by atoms with E-state index in [-0.39, 0.29) is 24.1 Å². The van der Waals surface area contributed by atoms with Crippen LogP contribution in [-0.2, 0) is 19.8 Å². The minimum absolute atomic E-state index is 0.101. The van der Waals surface area contributed by atoms with Crippen molar-refractivity contribution in [3.05, 3.63) is 29.8 Å². The number of nitrogens with one attached hydrogen (secondary N) is 1. The van der Waals surface area contributed by atoms with Gasteiger partial charge in [-0.3, -0.25) is 19.7 Å². The van der Waals surface area contributed by atoms with Crippen LogP contribution in [0.4, 0.5) is 0 Å². The van der Waals surface area contributed by atoms with E-state index < -0.39 is 10.8 Å². The molecule has 0 bridgehead atoms. The highest BCUT2D eigenvalue weighted by Gasteiger charge is 2.54. The number of ether oxygens (including phenoxy) is 1. The fraction of sp³-hybridized carbons (Fsp3) is 0.550. The quantitative estimate of drug-likeness (QED) is 0.838. The number of imide groups is 1. The maximum Gasteiger partial charge on any atom is 0.235 e. The summed E-state index contributed by atoms with van der Waals surface area (Å²) in [5, 5.41) is 2.40. The molecule has 3 aliphatic rings. The lowest BCUT2D eigenvalue weighted by Crippen LogP contribution is -2.46. The van der Waals surface area contributed by atoms with Gasteiger partial charge in [0, 0.05) is 19.5 Å². The van der Waals surface area contributed by atoms with Crippen molar-refractivity contribution in [3.63, 3.8) is 0 Å². The van der Waals surface area contributed by atoms with Crippen molar-refractivity contribution in [2.75, 3.05) is 20.2 Å². The Labute approximate surface area is 152 Å². The van der Waals surface area contributed by atoms with Gasteiger partial charge >= 0.3 is 0 Å². The largest absolute Gasteiger partial charge is 0.497 e.